The first kappa shape index (κ1) is 7.92. The van der Waals surface area contributed by atoms with Crippen molar-refractivity contribution in [2.45, 2.75) is 13.3 Å². The monoisotopic (exact) mass is 159 g/mol. The number of rotatable bonds is 2. The molecule has 1 heterocycles. The summed E-state index contributed by atoms with van der Waals surface area (Å²) >= 11 is 1.98. The lowest BCUT2D eigenvalue weighted by atomic mass is 10.1. The Labute approximate surface area is 65.8 Å². The summed E-state index contributed by atoms with van der Waals surface area (Å²) in [5, 5.41) is 2.84. The molecule has 1 fully saturated rings. The molecule has 1 unspecified atom stereocenters. The number of hydrogen-bond donors (Lipinski definition) is 1. The molecular formula is C7H13NOS. The molecule has 0 radical (unpaired) electrons. The van der Waals surface area contributed by atoms with E-state index in [4.69, 9.17) is 0 Å². The highest BCUT2D eigenvalue weighted by atomic mass is 32.2. The molecule has 0 bridgehead atoms. The highest BCUT2D eigenvalue weighted by molar-refractivity contribution is 7.99. The van der Waals surface area contributed by atoms with Gasteiger partial charge in [0.15, 0.2) is 0 Å². The Morgan fingerprint density at radius 2 is 2.60 bits per heavy atom. The second-order valence-corrected chi connectivity index (χ2v) is 3.82. The van der Waals surface area contributed by atoms with Crippen LogP contribution in [-0.2, 0) is 4.79 Å². The second kappa shape index (κ2) is 3.86. The molecule has 0 aromatic carbocycles. The van der Waals surface area contributed by atoms with E-state index in [1.54, 1.807) is 6.92 Å². The van der Waals surface area contributed by atoms with Gasteiger partial charge in [0.1, 0.15) is 0 Å². The lowest BCUT2D eigenvalue weighted by molar-refractivity contribution is -0.119. The Morgan fingerprint density at radius 3 is 3.10 bits per heavy atom. The van der Waals surface area contributed by atoms with Crippen LogP contribution in [-0.4, -0.2) is 24.0 Å². The van der Waals surface area contributed by atoms with Crippen LogP contribution in [0.4, 0.5) is 0 Å². The number of carbonyl (C=O) groups is 1. The summed E-state index contributed by atoms with van der Waals surface area (Å²) in [5.74, 6) is 3.32. The first-order valence-corrected chi connectivity index (χ1v) is 4.76. The first-order valence-electron chi connectivity index (χ1n) is 3.61. The fourth-order valence-corrected chi connectivity index (χ4v) is 2.32. The van der Waals surface area contributed by atoms with Crippen LogP contribution in [0.5, 0.6) is 0 Å². The van der Waals surface area contributed by atoms with Crippen LogP contribution >= 0.6 is 11.8 Å². The van der Waals surface area contributed by atoms with Crippen LogP contribution in [0.15, 0.2) is 0 Å². The van der Waals surface area contributed by atoms with Gasteiger partial charge in [0.05, 0.1) is 0 Å². The van der Waals surface area contributed by atoms with Gasteiger partial charge in [-0.3, -0.25) is 4.79 Å². The highest BCUT2D eigenvalue weighted by Crippen LogP contribution is 2.22. The van der Waals surface area contributed by atoms with Crippen LogP contribution in [0.2, 0.25) is 0 Å². The fourth-order valence-electron chi connectivity index (χ4n) is 1.03. The van der Waals surface area contributed by atoms with Crippen molar-refractivity contribution < 1.29 is 4.79 Å². The van der Waals surface area contributed by atoms with Crippen molar-refractivity contribution in [1.29, 1.82) is 0 Å². The van der Waals surface area contributed by atoms with Crippen molar-refractivity contribution >= 4 is 17.7 Å². The molecule has 0 spiro atoms. The fraction of sp³-hybridized carbons (Fsp3) is 0.857. The van der Waals surface area contributed by atoms with Gasteiger partial charge in [0.25, 0.3) is 0 Å². The maximum absolute atomic E-state index is 10.5. The summed E-state index contributed by atoms with van der Waals surface area (Å²) in [7, 11) is 0. The molecule has 58 valence electrons. The Hall–Kier alpha value is -0.180. The first-order chi connectivity index (χ1) is 4.79. The molecule has 3 heteroatoms. The zero-order chi connectivity index (χ0) is 7.40. The molecule has 1 N–H and O–H groups in total. The Bertz CT molecular complexity index is 121. The topological polar surface area (TPSA) is 29.1 Å². The van der Waals surface area contributed by atoms with Crippen LogP contribution in [0.1, 0.15) is 13.3 Å². The van der Waals surface area contributed by atoms with Crippen molar-refractivity contribution in [2.75, 3.05) is 18.1 Å². The second-order valence-electron chi connectivity index (χ2n) is 2.67. The quantitative estimate of drug-likeness (QED) is 0.648. The molecule has 1 amide bonds. The van der Waals surface area contributed by atoms with Crippen LogP contribution < -0.4 is 5.32 Å². The van der Waals surface area contributed by atoms with Gasteiger partial charge in [-0.15, -0.1) is 0 Å². The number of hydrogen-bond acceptors (Lipinski definition) is 2. The lowest BCUT2D eigenvalue weighted by Crippen LogP contribution is -2.26. The van der Waals surface area contributed by atoms with E-state index in [-0.39, 0.29) is 5.91 Å². The summed E-state index contributed by atoms with van der Waals surface area (Å²) in [6, 6.07) is 0. The maximum Gasteiger partial charge on any atom is 0.216 e. The van der Waals surface area contributed by atoms with Gasteiger partial charge in [-0.05, 0) is 23.8 Å². The largest absolute Gasteiger partial charge is 0.356 e. The van der Waals surface area contributed by atoms with Crippen LogP contribution in [0.3, 0.4) is 0 Å². The molecule has 10 heavy (non-hydrogen) atoms. The van der Waals surface area contributed by atoms with E-state index in [9.17, 15) is 4.79 Å². The standard InChI is InChI=1S/C7H13NOS/c1-6(9)8-4-7-2-3-10-5-7/h7H,2-5H2,1H3,(H,8,9). The molecule has 1 aliphatic rings. The average Bonchev–Trinajstić information content (AvgIpc) is 2.34. The Morgan fingerprint density at radius 1 is 1.80 bits per heavy atom. The molecule has 1 atom stereocenters. The predicted molar refractivity (Wildman–Crippen MR) is 44.1 cm³/mol. The summed E-state index contributed by atoms with van der Waals surface area (Å²) in [4.78, 5) is 10.5. The van der Waals surface area contributed by atoms with Gasteiger partial charge in [-0.2, -0.15) is 11.8 Å². The smallest absolute Gasteiger partial charge is 0.216 e. The summed E-state index contributed by atoms with van der Waals surface area (Å²) < 4.78 is 0. The van der Waals surface area contributed by atoms with Crippen molar-refractivity contribution in [3.05, 3.63) is 0 Å². The van der Waals surface area contributed by atoms with Crippen molar-refractivity contribution in [3.8, 4) is 0 Å². The molecule has 0 saturated carbocycles. The third kappa shape index (κ3) is 2.60. The maximum atomic E-state index is 10.5. The third-order valence-electron chi connectivity index (χ3n) is 1.66. The minimum Gasteiger partial charge on any atom is -0.356 e. The van der Waals surface area contributed by atoms with Crippen molar-refractivity contribution in [3.63, 3.8) is 0 Å². The van der Waals surface area contributed by atoms with Gasteiger partial charge in [-0.25, -0.2) is 0 Å². The van der Waals surface area contributed by atoms with E-state index >= 15 is 0 Å². The molecule has 1 aliphatic heterocycles. The van der Waals surface area contributed by atoms with Gasteiger partial charge >= 0.3 is 0 Å². The summed E-state index contributed by atoms with van der Waals surface area (Å²) in [6.45, 7) is 2.45. The van der Waals surface area contributed by atoms with Crippen molar-refractivity contribution in [2.24, 2.45) is 5.92 Å². The van der Waals surface area contributed by atoms with Gasteiger partial charge in [-0.1, -0.05) is 0 Å². The minimum absolute atomic E-state index is 0.0944. The molecule has 0 aliphatic carbocycles. The summed E-state index contributed by atoms with van der Waals surface area (Å²) in [6.07, 6.45) is 1.27. The predicted octanol–water partition coefficient (Wildman–Crippen LogP) is 0.876. The van der Waals surface area contributed by atoms with Crippen molar-refractivity contribution in [1.82, 2.24) is 5.32 Å². The van der Waals surface area contributed by atoms with E-state index in [1.807, 2.05) is 11.8 Å². The van der Waals surface area contributed by atoms with Gasteiger partial charge < -0.3 is 5.32 Å². The third-order valence-corrected chi connectivity index (χ3v) is 2.90. The number of amides is 1. The molecule has 2 nitrogen and oxygen atoms in total. The van der Waals surface area contributed by atoms with E-state index < -0.39 is 0 Å². The van der Waals surface area contributed by atoms with E-state index in [0.717, 1.165) is 12.5 Å². The number of thioether (sulfide) groups is 1. The molecule has 0 aromatic heterocycles. The van der Waals surface area contributed by atoms with Gasteiger partial charge in [0.2, 0.25) is 5.91 Å². The zero-order valence-corrected chi connectivity index (χ0v) is 7.04. The highest BCUT2D eigenvalue weighted by Gasteiger charge is 2.14. The normalized spacial score (nSPS) is 24.7. The molecule has 0 aromatic rings. The number of nitrogens with one attached hydrogen (secondary N) is 1. The van der Waals surface area contributed by atoms with E-state index in [1.165, 1.54) is 17.9 Å². The van der Waals surface area contributed by atoms with Crippen LogP contribution in [0.25, 0.3) is 0 Å². The van der Waals surface area contributed by atoms with E-state index in [2.05, 4.69) is 5.32 Å². The summed E-state index contributed by atoms with van der Waals surface area (Å²) in [5.41, 5.74) is 0. The Balaban J connectivity index is 2.07. The molecular weight excluding hydrogens is 146 g/mol. The lowest BCUT2D eigenvalue weighted by Gasteiger charge is -2.06. The SMILES string of the molecule is CC(=O)NCC1CCSC1. The minimum atomic E-state index is 0.0944. The average molecular weight is 159 g/mol. The molecule has 1 rings (SSSR count). The van der Waals surface area contributed by atoms with Gasteiger partial charge in [0, 0.05) is 13.5 Å². The van der Waals surface area contributed by atoms with E-state index in [0.29, 0.717) is 0 Å². The van der Waals surface area contributed by atoms with Crippen LogP contribution in [0, 0.1) is 5.92 Å². The molecule has 1 saturated heterocycles. The number of carbonyl (C=O) groups excluding carboxylic acids is 1. The Kier molecular flexibility index (Phi) is 3.06. The zero-order valence-electron chi connectivity index (χ0n) is 6.22.